The van der Waals surface area contributed by atoms with E-state index in [4.69, 9.17) is 13.9 Å². The first-order valence-corrected chi connectivity index (χ1v) is 11.5. The van der Waals surface area contributed by atoms with Gasteiger partial charge < -0.3 is 24.3 Å². The van der Waals surface area contributed by atoms with Crippen molar-refractivity contribution >= 4 is 16.9 Å². The Morgan fingerprint density at radius 1 is 1.26 bits per heavy atom. The maximum absolute atomic E-state index is 13.0. The normalized spacial score (nSPS) is 15.3. The standard InChI is InChI=1S/C27H31NO6/c1-16-18(10-11-23(30)28-20(15-29)17-8-6-5-7-9-17)26(31)33-25-19-12-13-27(2,3)34-21(19)14-22(32-4)24(16)25/h5-9,14,20,29H,10-13,15H2,1-4H3,(H,28,30). The second kappa shape index (κ2) is 9.50. The number of rotatable bonds is 7. The van der Waals surface area contributed by atoms with Crippen LogP contribution >= 0.6 is 0 Å². The Labute approximate surface area is 198 Å². The number of carbonyl (C=O) groups is 1. The molecule has 2 N–H and O–H groups in total. The molecule has 1 amide bonds. The van der Waals surface area contributed by atoms with Crippen LogP contribution in [0.25, 0.3) is 11.0 Å². The van der Waals surface area contributed by atoms with Crippen LogP contribution in [0.1, 0.15) is 55.0 Å². The number of nitrogens with one attached hydrogen (secondary N) is 1. The first-order valence-electron chi connectivity index (χ1n) is 11.5. The van der Waals surface area contributed by atoms with Gasteiger partial charge in [0.1, 0.15) is 22.7 Å². The number of aliphatic hydroxyl groups is 1. The van der Waals surface area contributed by atoms with E-state index < -0.39 is 11.7 Å². The summed E-state index contributed by atoms with van der Waals surface area (Å²) in [6, 6.07) is 10.6. The summed E-state index contributed by atoms with van der Waals surface area (Å²) in [5, 5.41) is 13.3. The maximum atomic E-state index is 13.0. The lowest BCUT2D eigenvalue weighted by Gasteiger charge is -2.33. The third kappa shape index (κ3) is 4.66. The summed E-state index contributed by atoms with van der Waals surface area (Å²) < 4.78 is 17.6. The number of ether oxygens (including phenoxy) is 2. The fourth-order valence-corrected chi connectivity index (χ4v) is 4.56. The maximum Gasteiger partial charge on any atom is 0.339 e. The van der Waals surface area contributed by atoms with Gasteiger partial charge in [0.15, 0.2) is 0 Å². The summed E-state index contributed by atoms with van der Waals surface area (Å²) in [4.78, 5) is 25.6. The molecular weight excluding hydrogens is 434 g/mol. The molecule has 2 aromatic carbocycles. The Hall–Kier alpha value is -3.32. The lowest BCUT2D eigenvalue weighted by atomic mass is 9.91. The molecule has 0 fully saturated rings. The van der Waals surface area contributed by atoms with E-state index in [0.717, 1.165) is 34.9 Å². The third-order valence-electron chi connectivity index (χ3n) is 6.48. The molecular formula is C27H31NO6. The van der Waals surface area contributed by atoms with Crippen LogP contribution in [0.15, 0.2) is 45.6 Å². The monoisotopic (exact) mass is 465 g/mol. The zero-order valence-electron chi connectivity index (χ0n) is 20.1. The van der Waals surface area contributed by atoms with Gasteiger partial charge in [-0.2, -0.15) is 0 Å². The SMILES string of the molecule is COc1cc2c(c3oc(=O)c(CCC(=O)NC(CO)c4ccccc4)c(C)c13)CCC(C)(C)O2. The number of fused-ring (bicyclic) bond motifs is 3. The molecule has 0 aliphatic carbocycles. The first-order chi connectivity index (χ1) is 16.2. The van der Waals surface area contributed by atoms with Crippen LogP contribution in [0.4, 0.5) is 0 Å². The molecule has 0 bridgehead atoms. The highest BCUT2D eigenvalue weighted by atomic mass is 16.5. The summed E-state index contributed by atoms with van der Waals surface area (Å²) >= 11 is 0. The fraction of sp³-hybridized carbons (Fsp3) is 0.407. The van der Waals surface area contributed by atoms with Crippen LogP contribution < -0.4 is 20.4 Å². The smallest absolute Gasteiger partial charge is 0.339 e. The summed E-state index contributed by atoms with van der Waals surface area (Å²) in [5.41, 5.74) is 2.60. The second-order valence-electron chi connectivity index (χ2n) is 9.33. The highest BCUT2D eigenvalue weighted by molar-refractivity contribution is 5.92. The molecule has 1 atom stereocenters. The van der Waals surface area contributed by atoms with E-state index in [1.165, 1.54) is 0 Å². The average molecular weight is 466 g/mol. The quantitative estimate of drug-likeness (QED) is 0.512. The number of carbonyl (C=O) groups excluding carboxylic acids is 1. The first kappa shape index (κ1) is 23.8. The molecule has 1 aromatic heterocycles. The van der Waals surface area contributed by atoms with E-state index in [-0.39, 0.29) is 31.0 Å². The molecule has 180 valence electrons. The highest BCUT2D eigenvalue weighted by Gasteiger charge is 2.31. The molecule has 4 rings (SSSR count). The van der Waals surface area contributed by atoms with Gasteiger partial charge in [0.05, 0.1) is 25.1 Å². The third-order valence-corrected chi connectivity index (χ3v) is 6.48. The number of amides is 1. The van der Waals surface area contributed by atoms with Gasteiger partial charge in [0.25, 0.3) is 0 Å². The van der Waals surface area contributed by atoms with Crippen molar-refractivity contribution in [3.8, 4) is 11.5 Å². The van der Waals surface area contributed by atoms with Crippen LogP contribution in [0.3, 0.4) is 0 Å². The minimum Gasteiger partial charge on any atom is -0.496 e. The van der Waals surface area contributed by atoms with Crippen LogP contribution in [-0.4, -0.2) is 30.3 Å². The van der Waals surface area contributed by atoms with Crippen LogP contribution in [0.5, 0.6) is 11.5 Å². The van der Waals surface area contributed by atoms with Crippen molar-refractivity contribution in [2.75, 3.05) is 13.7 Å². The van der Waals surface area contributed by atoms with E-state index in [1.54, 1.807) is 7.11 Å². The molecule has 1 aliphatic heterocycles. The number of aryl methyl sites for hydroxylation is 2. The Balaban J connectivity index is 1.61. The zero-order valence-corrected chi connectivity index (χ0v) is 20.1. The average Bonchev–Trinajstić information content (AvgIpc) is 2.81. The number of methoxy groups -OCH3 is 1. The van der Waals surface area contributed by atoms with Crippen molar-refractivity contribution in [2.45, 2.75) is 58.1 Å². The van der Waals surface area contributed by atoms with Gasteiger partial charge in [-0.3, -0.25) is 4.79 Å². The van der Waals surface area contributed by atoms with Crippen molar-refractivity contribution in [3.05, 3.63) is 69.1 Å². The van der Waals surface area contributed by atoms with Gasteiger partial charge in [0, 0.05) is 23.6 Å². The van der Waals surface area contributed by atoms with E-state index >= 15 is 0 Å². The van der Waals surface area contributed by atoms with Gasteiger partial charge in [0.2, 0.25) is 5.91 Å². The molecule has 0 saturated carbocycles. The van der Waals surface area contributed by atoms with Crippen LogP contribution in [0, 0.1) is 6.92 Å². The van der Waals surface area contributed by atoms with Crippen molar-refractivity contribution in [1.29, 1.82) is 0 Å². The topological polar surface area (TPSA) is 98.0 Å². The highest BCUT2D eigenvalue weighted by Crippen LogP contribution is 2.43. The van der Waals surface area contributed by atoms with E-state index in [9.17, 15) is 14.7 Å². The lowest BCUT2D eigenvalue weighted by Crippen LogP contribution is -2.32. The Bertz CT molecular complexity index is 1260. The van der Waals surface area contributed by atoms with Crippen molar-refractivity contribution in [2.24, 2.45) is 0 Å². The Morgan fingerprint density at radius 2 is 2.00 bits per heavy atom. The molecule has 34 heavy (non-hydrogen) atoms. The minimum atomic E-state index is -0.501. The molecule has 0 radical (unpaired) electrons. The van der Waals surface area contributed by atoms with Gasteiger partial charge in [-0.15, -0.1) is 0 Å². The number of hydrogen-bond donors (Lipinski definition) is 2. The van der Waals surface area contributed by atoms with Crippen LogP contribution in [-0.2, 0) is 17.6 Å². The predicted molar refractivity (Wildman–Crippen MR) is 130 cm³/mol. The molecule has 7 heteroatoms. The molecule has 2 heterocycles. The predicted octanol–water partition coefficient (Wildman–Crippen LogP) is 4.00. The minimum absolute atomic E-state index is 0.0883. The number of hydrogen-bond acceptors (Lipinski definition) is 6. The van der Waals surface area contributed by atoms with E-state index in [1.807, 2.05) is 57.2 Å². The molecule has 0 saturated heterocycles. The molecule has 1 unspecified atom stereocenters. The summed E-state index contributed by atoms with van der Waals surface area (Å²) in [7, 11) is 1.57. The molecule has 0 spiro atoms. The van der Waals surface area contributed by atoms with Gasteiger partial charge in [-0.1, -0.05) is 30.3 Å². The largest absolute Gasteiger partial charge is 0.496 e. The van der Waals surface area contributed by atoms with Crippen LogP contribution in [0.2, 0.25) is 0 Å². The molecule has 1 aliphatic rings. The summed E-state index contributed by atoms with van der Waals surface area (Å²) in [6.45, 7) is 5.70. The van der Waals surface area contributed by atoms with Gasteiger partial charge in [-0.05, 0) is 51.2 Å². The number of aliphatic hydroxyl groups excluding tert-OH is 1. The lowest BCUT2D eigenvalue weighted by molar-refractivity contribution is -0.122. The van der Waals surface area contributed by atoms with Crippen molar-refractivity contribution in [3.63, 3.8) is 0 Å². The van der Waals surface area contributed by atoms with E-state index in [2.05, 4.69) is 5.32 Å². The summed E-state index contributed by atoms with van der Waals surface area (Å²) in [6.07, 6.45) is 1.84. The van der Waals surface area contributed by atoms with Gasteiger partial charge in [-0.25, -0.2) is 4.79 Å². The molecule has 3 aromatic rings. The Kier molecular flexibility index (Phi) is 6.66. The van der Waals surface area contributed by atoms with Gasteiger partial charge >= 0.3 is 5.63 Å². The summed E-state index contributed by atoms with van der Waals surface area (Å²) in [5.74, 6) is 0.990. The second-order valence-corrected chi connectivity index (χ2v) is 9.33. The zero-order chi connectivity index (χ0) is 24.5. The number of benzene rings is 2. The van der Waals surface area contributed by atoms with Crippen molar-refractivity contribution < 1.29 is 23.8 Å². The fourth-order valence-electron chi connectivity index (χ4n) is 4.56. The van der Waals surface area contributed by atoms with Crippen molar-refractivity contribution in [1.82, 2.24) is 5.32 Å². The molecule has 7 nitrogen and oxygen atoms in total. The Morgan fingerprint density at radius 3 is 2.68 bits per heavy atom. The van der Waals surface area contributed by atoms with E-state index in [0.29, 0.717) is 22.6 Å².